The van der Waals surface area contributed by atoms with E-state index in [4.69, 9.17) is 0 Å². The van der Waals surface area contributed by atoms with Crippen LogP contribution in [0.5, 0.6) is 0 Å². The lowest BCUT2D eigenvalue weighted by Gasteiger charge is -2.22. The van der Waals surface area contributed by atoms with E-state index < -0.39 is 4.92 Å². The van der Waals surface area contributed by atoms with Crippen LogP contribution in [0.25, 0.3) is 5.69 Å². The van der Waals surface area contributed by atoms with Gasteiger partial charge in [0.05, 0.1) is 10.6 Å². The molecule has 0 bridgehead atoms. The summed E-state index contributed by atoms with van der Waals surface area (Å²) in [7, 11) is 0. The van der Waals surface area contributed by atoms with Gasteiger partial charge in [0, 0.05) is 24.9 Å². The number of carbonyl (C=O) groups is 1. The van der Waals surface area contributed by atoms with Crippen LogP contribution < -0.4 is 10.6 Å². The van der Waals surface area contributed by atoms with Crippen LogP contribution >= 0.6 is 0 Å². The Hall–Kier alpha value is -2.74. The largest absolute Gasteiger partial charge is 0.350 e. The molecule has 0 aliphatic carbocycles. The van der Waals surface area contributed by atoms with Gasteiger partial charge in [0.1, 0.15) is 0 Å². The first-order chi connectivity index (χ1) is 11.6. The van der Waals surface area contributed by atoms with E-state index in [1.807, 2.05) is 0 Å². The van der Waals surface area contributed by atoms with Gasteiger partial charge in [0.15, 0.2) is 5.69 Å². The maximum Gasteiger partial charge on any atom is 0.271 e. The SMILES string of the molecule is O=C(NCC1CCCNC1)c1ccn(-c2cccc([N+](=O)[O-])c2)n1. The summed E-state index contributed by atoms with van der Waals surface area (Å²) in [5.74, 6) is 0.214. The van der Waals surface area contributed by atoms with Crippen molar-refractivity contribution in [2.75, 3.05) is 19.6 Å². The smallest absolute Gasteiger partial charge is 0.271 e. The van der Waals surface area contributed by atoms with Gasteiger partial charge in [-0.25, -0.2) is 4.68 Å². The molecule has 24 heavy (non-hydrogen) atoms. The molecule has 1 amide bonds. The van der Waals surface area contributed by atoms with Crippen LogP contribution in [0.2, 0.25) is 0 Å². The fraction of sp³-hybridized carbons (Fsp3) is 0.375. The van der Waals surface area contributed by atoms with Gasteiger partial charge in [-0.05, 0) is 44.0 Å². The van der Waals surface area contributed by atoms with Crippen LogP contribution in [0.1, 0.15) is 23.3 Å². The number of aromatic nitrogens is 2. The van der Waals surface area contributed by atoms with Crippen molar-refractivity contribution in [2.24, 2.45) is 5.92 Å². The molecule has 8 heteroatoms. The number of nitro groups is 1. The maximum atomic E-state index is 12.2. The first-order valence-electron chi connectivity index (χ1n) is 7.93. The van der Waals surface area contributed by atoms with Crippen molar-refractivity contribution in [2.45, 2.75) is 12.8 Å². The number of carbonyl (C=O) groups excluding carboxylic acids is 1. The van der Waals surface area contributed by atoms with Gasteiger partial charge >= 0.3 is 0 Å². The minimum Gasteiger partial charge on any atom is -0.350 e. The first kappa shape index (κ1) is 16.1. The lowest BCUT2D eigenvalue weighted by molar-refractivity contribution is -0.384. The Morgan fingerprint density at radius 3 is 3.08 bits per heavy atom. The molecule has 1 aromatic carbocycles. The highest BCUT2D eigenvalue weighted by molar-refractivity contribution is 5.92. The molecular formula is C16H19N5O3. The van der Waals surface area contributed by atoms with Crippen LogP contribution in [-0.2, 0) is 0 Å². The molecule has 1 atom stereocenters. The van der Waals surface area contributed by atoms with E-state index in [9.17, 15) is 14.9 Å². The predicted octanol–water partition coefficient (Wildman–Crippen LogP) is 1.51. The summed E-state index contributed by atoms with van der Waals surface area (Å²) in [5, 5.41) is 21.3. The molecule has 1 unspecified atom stereocenters. The highest BCUT2D eigenvalue weighted by atomic mass is 16.6. The summed E-state index contributed by atoms with van der Waals surface area (Å²) < 4.78 is 1.46. The van der Waals surface area contributed by atoms with Crippen molar-refractivity contribution in [3.63, 3.8) is 0 Å². The zero-order valence-corrected chi connectivity index (χ0v) is 13.1. The Balaban J connectivity index is 1.65. The Labute approximate surface area is 139 Å². The highest BCUT2D eigenvalue weighted by Gasteiger charge is 2.16. The molecule has 126 valence electrons. The molecule has 3 rings (SSSR count). The Kier molecular flexibility index (Phi) is 4.85. The second kappa shape index (κ2) is 7.22. The van der Waals surface area contributed by atoms with Crippen molar-refractivity contribution >= 4 is 11.6 Å². The van der Waals surface area contributed by atoms with Gasteiger partial charge < -0.3 is 10.6 Å². The third-order valence-electron chi connectivity index (χ3n) is 4.08. The Morgan fingerprint density at radius 2 is 2.33 bits per heavy atom. The van der Waals surface area contributed by atoms with E-state index in [-0.39, 0.29) is 11.6 Å². The first-order valence-corrected chi connectivity index (χ1v) is 7.93. The number of non-ortho nitro benzene ring substituents is 1. The second-order valence-corrected chi connectivity index (χ2v) is 5.84. The van der Waals surface area contributed by atoms with E-state index in [1.54, 1.807) is 24.4 Å². The molecule has 0 spiro atoms. The molecular weight excluding hydrogens is 310 g/mol. The summed E-state index contributed by atoms with van der Waals surface area (Å²) in [4.78, 5) is 22.6. The summed E-state index contributed by atoms with van der Waals surface area (Å²) >= 11 is 0. The number of nitrogens with one attached hydrogen (secondary N) is 2. The summed E-state index contributed by atoms with van der Waals surface area (Å²) in [6.45, 7) is 2.58. The monoisotopic (exact) mass is 329 g/mol. The summed E-state index contributed by atoms with van der Waals surface area (Å²) in [6, 6.07) is 7.73. The molecule has 2 aromatic rings. The summed E-state index contributed by atoms with van der Waals surface area (Å²) in [5.41, 5.74) is 0.823. The summed E-state index contributed by atoms with van der Waals surface area (Å²) in [6.07, 6.45) is 3.85. The third-order valence-corrected chi connectivity index (χ3v) is 4.08. The fourth-order valence-corrected chi connectivity index (χ4v) is 2.76. The fourth-order valence-electron chi connectivity index (χ4n) is 2.76. The number of nitro benzene ring substituents is 1. The number of amides is 1. The molecule has 1 aliphatic heterocycles. The van der Waals surface area contributed by atoms with Crippen molar-refractivity contribution in [1.29, 1.82) is 0 Å². The molecule has 2 N–H and O–H groups in total. The Bertz CT molecular complexity index is 737. The number of hydrogen-bond donors (Lipinski definition) is 2. The number of piperidine rings is 1. The minimum absolute atomic E-state index is 0.0150. The van der Waals surface area contributed by atoms with Gasteiger partial charge in [-0.2, -0.15) is 5.10 Å². The normalized spacial score (nSPS) is 17.4. The topological polar surface area (TPSA) is 102 Å². The molecule has 1 saturated heterocycles. The molecule has 1 fully saturated rings. The minimum atomic E-state index is -0.459. The van der Waals surface area contributed by atoms with E-state index in [0.717, 1.165) is 25.9 Å². The van der Waals surface area contributed by atoms with Crippen molar-refractivity contribution in [1.82, 2.24) is 20.4 Å². The van der Waals surface area contributed by atoms with E-state index in [1.165, 1.54) is 16.8 Å². The van der Waals surface area contributed by atoms with E-state index >= 15 is 0 Å². The average molecular weight is 329 g/mol. The van der Waals surface area contributed by atoms with Gasteiger partial charge in [0.25, 0.3) is 11.6 Å². The second-order valence-electron chi connectivity index (χ2n) is 5.84. The zero-order chi connectivity index (χ0) is 16.9. The van der Waals surface area contributed by atoms with Crippen molar-refractivity contribution < 1.29 is 9.72 Å². The van der Waals surface area contributed by atoms with Crippen molar-refractivity contribution in [3.05, 3.63) is 52.3 Å². The zero-order valence-electron chi connectivity index (χ0n) is 13.1. The van der Waals surface area contributed by atoms with Gasteiger partial charge in [-0.3, -0.25) is 14.9 Å². The number of rotatable bonds is 5. The van der Waals surface area contributed by atoms with Crippen LogP contribution in [0.15, 0.2) is 36.5 Å². The lowest BCUT2D eigenvalue weighted by atomic mass is 10.00. The molecule has 1 aliphatic rings. The molecule has 2 heterocycles. The number of hydrogen-bond acceptors (Lipinski definition) is 5. The molecule has 0 radical (unpaired) electrons. The van der Waals surface area contributed by atoms with Gasteiger partial charge in [0.2, 0.25) is 0 Å². The van der Waals surface area contributed by atoms with E-state index in [2.05, 4.69) is 15.7 Å². The van der Waals surface area contributed by atoms with Crippen LogP contribution in [0, 0.1) is 16.0 Å². The van der Waals surface area contributed by atoms with Crippen LogP contribution in [0.4, 0.5) is 5.69 Å². The van der Waals surface area contributed by atoms with Gasteiger partial charge in [-0.15, -0.1) is 0 Å². The predicted molar refractivity (Wildman–Crippen MR) is 88.1 cm³/mol. The highest BCUT2D eigenvalue weighted by Crippen LogP contribution is 2.16. The van der Waals surface area contributed by atoms with Crippen molar-refractivity contribution in [3.8, 4) is 5.69 Å². The lowest BCUT2D eigenvalue weighted by Crippen LogP contribution is -2.38. The molecule has 1 aromatic heterocycles. The quantitative estimate of drug-likeness (QED) is 0.639. The molecule has 8 nitrogen and oxygen atoms in total. The standard InChI is InChI=1S/C16H19N5O3/c22-16(18-11-12-3-2-7-17-10-12)15-6-8-20(19-15)13-4-1-5-14(9-13)21(23)24/h1,4-6,8-9,12,17H,2-3,7,10-11H2,(H,18,22). The molecule has 0 saturated carbocycles. The number of benzene rings is 1. The number of nitrogens with zero attached hydrogens (tertiary/aromatic N) is 3. The van der Waals surface area contributed by atoms with Crippen LogP contribution in [-0.4, -0.2) is 40.2 Å². The average Bonchev–Trinajstić information content (AvgIpc) is 3.11. The van der Waals surface area contributed by atoms with Gasteiger partial charge in [-0.1, -0.05) is 6.07 Å². The van der Waals surface area contributed by atoms with Crippen LogP contribution in [0.3, 0.4) is 0 Å². The Morgan fingerprint density at radius 1 is 1.46 bits per heavy atom. The third kappa shape index (κ3) is 3.77. The van der Waals surface area contributed by atoms with E-state index in [0.29, 0.717) is 23.8 Å². The maximum absolute atomic E-state index is 12.2.